The predicted molar refractivity (Wildman–Crippen MR) is 122 cm³/mol. The van der Waals surface area contributed by atoms with Crippen molar-refractivity contribution in [1.82, 2.24) is 10.6 Å². The smallest absolute Gasteiger partial charge is 0.328 e. The number of carbonyl (C=O) groups is 3. The lowest BCUT2D eigenvalue weighted by atomic mass is 9.73. The maximum atomic E-state index is 13.0. The summed E-state index contributed by atoms with van der Waals surface area (Å²) < 4.78 is 10.0. The van der Waals surface area contributed by atoms with E-state index in [1.807, 2.05) is 0 Å². The lowest BCUT2D eigenvalue weighted by Crippen LogP contribution is -2.57. The number of nitrogens with two attached hydrogens (primary N) is 2. The van der Waals surface area contributed by atoms with Crippen molar-refractivity contribution in [1.29, 1.82) is 0 Å². The molecule has 0 radical (unpaired) electrons. The van der Waals surface area contributed by atoms with Crippen LogP contribution in [0.4, 0.5) is 4.79 Å². The van der Waals surface area contributed by atoms with Crippen LogP contribution in [0.2, 0.25) is 0 Å². The van der Waals surface area contributed by atoms with E-state index < -0.39 is 30.1 Å². The van der Waals surface area contributed by atoms with Gasteiger partial charge in [-0.05, 0) is 62.4 Å². The molecule has 2 rings (SSSR count). The fraction of sp³-hybridized carbons (Fsp3) is 0.870. The van der Waals surface area contributed by atoms with Crippen LogP contribution in [0.25, 0.3) is 0 Å². The molecule has 2 amide bonds. The lowest BCUT2D eigenvalue weighted by molar-refractivity contribution is -0.145. The van der Waals surface area contributed by atoms with E-state index in [9.17, 15) is 14.4 Å². The number of urea groups is 1. The van der Waals surface area contributed by atoms with Crippen LogP contribution in [0.3, 0.4) is 0 Å². The van der Waals surface area contributed by atoms with Crippen LogP contribution in [-0.4, -0.2) is 57.4 Å². The van der Waals surface area contributed by atoms with Crippen molar-refractivity contribution in [3.8, 4) is 0 Å². The molecule has 0 bridgehead atoms. The monoisotopic (exact) mass is 454 g/mol. The summed E-state index contributed by atoms with van der Waals surface area (Å²) >= 11 is 0. The normalized spacial score (nSPS) is 27.6. The molecule has 32 heavy (non-hydrogen) atoms. The fourth-order valence-electron chi connectivity index (χ4n) is 5.75. The fourth-order valence-corrected chi connectivity index (χ4v) is 5.75. The maximum Gasteiger partial charge on any atom is 0.328 e. The van der Waals surface area contributed by atoms with E-state index in [0.29, 0.717) is 13.1 Å². The molecule has 6 atom stereocenters. The molecule has 2 aliphatic carbocycles. The highest BCUT2D eigenvalue weighted by molar-refractivity contribution is 5.87. The van der Waals surface area contributed by atoms with Crippen LogP contribution in [0, 0.1) is 23.7 Å². The van der Waals surface area contributed by atoms with Crippen LogP contribution >= 0.6 is 0 Å². The van der Waals surface area contributed by atoms with Crippen LogP contribution in [0.5, 0.6) is 0 Å². The first-order chi connectivity index (χ1) is 15.5. The molecule has 2 aliphatic rings. The van der Waals surface area contributed by atoms with Crippen molar-refractivity contribution < 1.29 is 23.9 Å². The summed E-state index contributed by atoms with van der Waals surface area (Å²) in [6.07, 6.45) is 9.39. The second-order valence-electron chi connectivity index (χ2n) is 9.19. The topological polar surface area (TPSA) is 146 Å². The van der Waals surface area contributed by atoms with Crippen LogP contribution in [0.1, 0.15) is 64.2 Å². The average molecular weight is 455 g/mol. The third kappa shape index (κ3) is 7.07. The number of carbonyl (C=O) groups excluding carboxylic acids is 3. The molecule has 9 nitrogen and oxygen atoms in total. The van der Waals surface area contributed by atoms with Gasteiger partial charge in [0, 0.05) is 0 Å². The number of amides is 2. The highest BCUT2D eigenvalue weighted by atomic mass is 16.5. The Kier molecular flexibility index (Phi) is 11.2. The van der Waals surface area contributed by atoms with Gasteiger partial charge in [0.1, 0.15) is 12.1 Å². The van der Waals surface area contributed by atoms with E-state index in [4.69, 9.17) is 20.9 Å². The first-order valence-corrected chi connectivity index (χ1v) is 12.1. The van der Waals surface area contributed by atoms with Gasteiger partial charge >= 0.3 is 18.0 Å². The second kappa shape index (κ2) is 13.6. The zero-order valence-electron chi connectivity index (χ0n) is 19.6. The summed E-state index contributed by atoms with van der Waals surface area (Å²) in [7, 11) is 2.65. The number of ether oxygens (including phenoxy) is 2. The van der Waals surface area contributed by atoms with Gasteiger partial charge in [-0.25, -0.2) is 14.4 Å². The first-order valence-electron chi connectivity index (χ1n) is 12.1. The van der Waals surface area contributed by atoms with E-state index in [0.717, 1.165) is 64.2 Å². The molecule has 9 heteroatoms. The Balaban J connectivity index is 2.15. The molecule has 0 aromatic heterocycles. The van der Waals surface area contributed by atoms with Gasteiger partial charge in [-0.15, -0.1) is 0 Å². The van der Waals surface area contributed by atoms with Gasteiger partial charge < -0.3 is 31.6 Å². The molecule has 0 aliphatic heterocycles. The SMILES string of the molecule is COC(=O)C(NC(=O)NC(C(=O)OC)[C@H]1CCCCC1CCN)[C@H]1CCCCC1CCN. The van der Waals surface area contributed by atoms with E-state index >= 15 is 0 Å². The van der Waals surface area contributed by atoms with Crippen molar-refractivity contribution in [3.63, 3.8) is 0 Å². The zero-order valence-corrected chi connectivity index (χ0v) is 19.6. The third-order valence-electron chi connectivity index (χ3n) is 7.35. The van der Waals surface area contributed by atoms with Crippen molar-refractivity contribution in [2.75, 3.05) is 27.3 Å². The molecule has 184 valence electrons. The van der Waals surface area contributed by atoms with Crippen LogP contribution < -0.4 is 22.1 Å². The van der Waals surface area contributed by atoms with Gasteiger partial charge in [0.2, 0.25) is 0 Å². The molecule has 0 aromatic rings. The Morgan fingerprint density at radius 1 is 0.750 bits per heavy atom. The third-order valence-corrected chi connectivity index (χ3v) is 7.35. The second-order valence-corrected chi connectivity index (χ2v) is 9.19. The summed E-state index contributed by atoms with van der Waals surface area (Å²) in [4.78, 5) is 38.3. The average Bonchev–Trinajstić information content (AvgIpc) is 2.81. The molecule has 0 saturated heterocycles. The van der Waals surface area contributed by atoms with Crippen molar-refractivity contribution in [2.45, 2.75) is 76.3 Å². The molecular formula is C23H42N4O5. The maximum absolute atomic E-state index is 13.0. The number of methoxy groups -OCH3 is 2. The Morgan fingerprint density at radius 3 is 1.47 bits per heavy atom. The highest BCUT2D eigenvalue weighted by Gasteiger charge is 2.40. The summed E-state index contributed by atoms with van der Waals surface area (Å²) in [5.74, 6) is -0.517. The van der Waals surface area contributed by atoms with Crippen LogP contribution in [0.15, 0.2) is 0 Å². The Morgan fingerprint density at radius 2 is 1.12 bits per heavy atom. The summed E-state index contributed by atoms with van der Waals surface area (Å²) in [5.41, 5.74) is 11.6. The number of rotatable bonds is 10. The molecule has 2 fully saturated rings. The molecule has 4 unspecified atom stereocenters. The molecule has 6 N–H and O–H groups in total. The molecule has 0 spiro atoms. The standard InChI is InChI=1S/C23H42N4O5/c1-31-21(28)19(17-9-5-3-7-15(17)11-13-24)26-23(30)27-20(22(29)32-2)18-10-6-4-8-16(18)12-14-25/h15-20H,3-14,24-25H2,1-2H3,(H2,26,27,30)/t15?,16?,17-,18-,19?,20?/m0/s1. The molecular weight excluding hydrogens is 412 g/mol. The van der Waals surface area contributed by atoms with Gasteiger partial charge in [0.05, 0.1) is 14.2 Å². The minimum Gasteiger partial charge on any atom is -0.467 e. The molecule has 0 aromatic carbocycles. The van der Waals surface area contributed by atoms with Gasteiger partial charge in [-0.3, -0.25) is 0 Å². The van der Waals surface area contributed by atoms with Crippen molar-refractivity contribution in [3.05, 3.63) is 0 Å². The largest absolute Gasteiger partial charge is 0.467 e. The lowest BCUT2D eigenvalue weighted by Gasteiger charge is -2.38. The van der Waals surface area contributed by atoms with Crippen molar-refractivity contribution in [2.24, 2.45) is 35.1 Å². The molecule has 0 heterocycles. The first kappa shape index (κ1) is 26.4. The Labute approximate surface area is 191 Å². The van der Waals surface area contributed by atoms with E-state index in [-0.39, 0.29) is 23.7 Å². The van der Waals surface area contributed by atoms with Gasteiger partial charge in [0.25, 0.3) is 0 Å². The van der Waals surface area contributed by atoms with Gasteiger partial charge in [-0.1, -0.05) is 38.5 Å². The Hall–Kier alpha value is -1.87. The number of esters is 2. The van der Waals surface area contributed by atoms with E-state index in [1.165, 1.54) is 14.2 Å². The summed E-state index contributed by atoms with van der Waals surface area (Å²) in [5, 5.41) is 5.65. The van der Waals surface area contributed by atoms with E-state index in [1.54, 1.807) is 0 Å². The number of hydrogen-bond donors (Lipinski definition) is 4. The summed E-state index contributed by atoms with van der Waals surface area (Å²) in [6.45, 7) is 1.08. The zero-order chi connectivity index (χ0) is 23.5. The van der Waals surface area contributed by atoms with E-state index in [2.05, 4.69) is 10.6 Å². The minimum atomic E-state index is -0.777. The predicted octanol–water partition coefficient (Wildman–Crippen LogP) is 1.68. The highest BCUT2D eigenvalue weighted by Crippen LogP contribution is 2.36. The van der Waals surface area contributed by atoms with Crippen LogP contribution in [-0.2, 0) is 19.1 Å². The quantitative estimate of drug-likeness (QED) is 0.367. The van der Waals surface area contributed by atoms with Gasteiger partial charge in [-0.2, -0.15) is 0 Å². The minimum absolute atomic E-state index is 0.0401. The summed E-state index contributed by atoms with van der Waals surface area (Å²) in [6, 6.07) is -2.10. The van der Waals surface area contributed by atoms with Gasteiger partial charge in [0.15, 0.2) is 0 Å². The molecule has 2 saturated carbocycles. The van der Waals surface area contributed by atoms with Crippen molar-refractivity contribution >= 4 is 18.0 Å². The number of nitrogens with one attached hydrogen (secondary N) is 2. The Bertz CT molecular complexity index is 563. The number of hydrogen-bond acceptors (Lipinski definition) is 7.